The molecule has 0 saturated carbocycles. The molecule has 1 amide bonds. The highest BCUT2D eigenvalue weighted by atomic mass is 16.2. The zero-order valence-corrected chi connectivity index (χ0v) is 6.82. The fourth-order valence-electron chi connectivity index (χ4n) is 1.52. The van der Waals surface area contributed by atoms with Crippen molar-refractivity contribution >= 4 is 11.6 Å². The van der Waals surface area contributed by atoms with E-state index in [0.29, 0.717) is 0 Å². The maximum atomic E-state index is 11.4. The first kappa shape index (κ1) is 7.31. The third-order valence-corrected chi connectivity index (χ3v) is 2.23. The number of benzene rings is 1. The summed E-state index contributed by atoms with van der Waals surface area (Å²) in [6.45, 7) is 0. The maximum absolute atomic E-state index is 11.4. The zero-order valence-electron chi connectivity index (χ0n) is 6.82. The van der Waals surface area contributed by atoms with Crippen LogP contribution in [-0.4, -0.2) is 13.0 Å². The van der Waals surface area contributed by atoms with Gasteiger partial charge in [0.1, 0.15) is 6.04 Å². The first-order valence-electron chi connectivity index (χ1n) is 3.84. The van der Waals surface area contributed by atoms with Crippen molar-refractivity contribution in [2.24, 2.45) is 5.73 Å². The third-order valence-electron chi connectivity index (χ3n) is 2.23. The van der Waals surface area contributed by atoms with Gasteiger partial charge in [0.15, 0.2) is 0 Å². The van der Waals surface area contributed by atoms with Crippen LogP contribution in [0.5, 0.6) is 0 Å². The lowest BCUT2D eigenvalue weighted by molar-refractivity contribution is -0.118. The fourth-order valence-corrected chi connectivity index (χ4v) is 1.52. The first-order valence-corrected chi connectivity index (χ1v) is 3.84. The standard InChI is InChI=1S/C9H10N2O/c1-11-7-5-3-2-4-6(7)8(10)9(11)12/h2-5,8H,10H2,1H3/t8-/m0/s1. The first-order chi connectivity index (χ1) is 5.72. The predicted molar refractivity (Wildman–Crippen MR) is 46.8 cm³/mol. The van der Waals surface area contributed by atoms with Crippen LogP contribution in [0, 0.1) is 0 Å². The predicted octanol–water partition coefficient (Wildman–Crippen LogP) is 0.663. The second kappa shape index (κ2) is 2.32. The molecule has 0 spiro atoms. The van der Waals surface area contributed by atoms with Gasteiger partial charge in [-0.1, -0.05) is 18.2 Å². The summed E-state index contributed by atoms with van der Waals surface area (Å²) in [6.07, 6.45) is 0. The highest BCUT2D eigenvalue weighted by Crippen LogP contribution is 2.32. The van der Waals surface area contributed by atoms with Crippen molar-refractivity contribution in [2.45, 2.75) is 6.04 Å². The summed E-state index contributed by atoms with van der Waals surface area (Å²) in [7, 11) is 1.74. The molecule has 1 aliphatic rings. The van der Waals surface area contributed by atoms with Gasteiger partial charge in [-0.15, -0.1) is 0 Å². The number of likely N-dealkylation sites (N-methyl/N-ethyl adjacent to an activating group) is 1. The Kier molecular flexibility index (Phi) is 1.41. The number of fused-ring (bicyclic) bond motifs is 1. The molecule has 0 saturated heterocycles. The Bertz CT molecular complexity index is 304. The van der Waals surface area contributed by atoms with Crippen LogP contribution >= 0.6 is 0 Å². The van der Waals surface area contributed by atoms with Crippen molar-refractivity contribution in [3.8, 4) is 0 Å². The van der Waals surface area contributed by atoms with Gasteiger partial charge >= 0.3 is 0 Å². The van der Waals surface area contributed by atoms with E-state index in [4.69, 9.17) is 5.73 Å². The molecule has 2 N–H and O–H groups in total. The number of nitrogens with two attached hydrogens (primary N) is 1. The Hall–Kier alpha value is -1.35. The molecule has 1 atom stereocenters. The largest absolute Gasteiger partial charge is 0.316 e. The van der Waals surface area contributed by atoms with Crippen LogP contribution in [0.2, 0.25) is 0 Å². The van der Waals surface area contributed by atoms with Crippen LogP contribution in [-0.2, 0) is 4.79 Å². The number of anilines is 1. The second-order valence-corrected chi connectivity index (χ2v) is 2.93. The van der Waals surface area contributed by atoms with E-state index < -0.39 is 6.04 Å². The van der Waals surface area contributed by atoms with Gasteiger partial charge in [-0.3, -0.25) is 4.79 Å². The molecule has 0 aliphatic carbocycles. The van der Waals surface area contributed by atoms with Gasteiger partial charge in [-0.25, -0.2) is 0 Å². The summed E-state index contributed by atoms with van der Waals surface area (Å²) in [4.78, 5) is 13.0. The number of amides is 1. The summed E-state index contributed by atoms with van der Waals surface area (Å²) in [6, 6.07) is 7.12. The Labute approximate surface area is 70.8 Å². The Morgan fingerprint density at radius 3 is 2.75 bits per heavy atom. The highest BCUT2D eigenvalue weighted by molar-refractivity contribution is 6.03. The normalized spacial score (nSPS) is 21.3. The fraction of sp³-hybridized carbons (Fsp3) is 0.222. The Balaban J connectivity index is 2.59. The van der Waals surface area contributed by atoms with Crippen LogP contribution in [0.25, 0.3) is 0 Å². The minimum Gasteiger partial charge on any atom is -0.316 e. The van der Waals surface area contributed by atoms with Crippen molar-refractivity contribution in [2.75, 3.05) is 11.9 Å². The molecule has 12 heavy (non-hydrogen) atoms. The number of carbonyl (C=O) groups is 1. The van der Waals surface area contributed by atoms with Crippen molar-refractivity contribution in [3.63, 3.8) is 0 Å². The number of rotatable bonds is 0. The molecule has 1 aliphatic heterocycles. The van der Waals surface area contributed by atoms with Gasteiger partial charge in [-0.2, -0.15) is 0 Å². The highest BCUT2D eigenvalue weighted by Gasteiger charge is 2.31. The summed E-state index contributed by atoms with van der Waals surface area (Å²) in [5, 5.41) is 0. The second-order valence-electron chi connectivity index (χ2n) is 2.93. The van der Waals surface area contributed by atoms with Crippen LogP contribution in [0.15, 0.2) is 24.3 Å². The molecular formula is C9H10N2O. The number of para-hydroxylation sites is 1. The lowest BCUT2D eigenvalue weighted by Crippen LogP contribution is -2.27. The van der Waals surface area contributed by atoms with E-state index in [1.165, 1.54) is 0 Å². The molecule has 1 aromatic rings. The summed E-state index contributed by atoms with van der Waals surface area (Å²) >= 11 is 0. The van der Waals surface area contributed by atoms with E-state index >= 15 is 0 Å². The molecule has 0 aromatic heterocycles. The molecule has 62 valence electrons. The monoisotopic (exact) mass is 162 g/mol. The van der Waals surface area contributed by atoms with Crippen LogP contribution in [0.4, 0.5) is 5.69 Å². The van der Waals surface area contributed by atoms with Gasteiger partial charge in [0.2, 0.25) is 5.91 Å². The van der Waals surface area contributed by atoms with E-state index in [2.05, 4.69) is 0 Å². The third kappa shape index (κ3) is 0.769. The van der Waals surface area contributed by atoms with Crippen LogP contribution < -0.4 is 10.6 Å². The van der Waals surface area contributed by atoms with Gasteiger partial charge in [0.25, 0.3) is 0 Å². The average molecular weight is 162 g/mol. The molecule has 0 unspecified atom stereocenters. The molecule has 0 fully saturated rings. The van der Waals surface area contributed by atoms with Gasteiger partial charge in [0.05, 0.1) is 0 Å². The smallest absolute Gasteiger partial charge is 0.248 e. The molecule has 3 nitrogen and oxygen atoms in total. The van der Waals surface area contributed by atoms with Crippen LogP contribution in [0.3, 0.4) is 0 Å². The van der Waals surface area contributed by atoms with Gasteiger partial charge in [-0.05, 0) is 6.07 Å². The van der Waals surface area contributed by atoms with Crippen molar-refractivity contribution in [3.05, 3.63) is 29.8 Å². The molecule has 2 rings (SSSR count). The Morgan fingerprint density at radius 2 is 2.08 bits per heavy atom. The number of hydrogen-bond acceptors (Lipinski definition) is 2. The van der Waals surface area contributed by atoms with E-state index in [1.54, 1.807) is 11.9 Å². The molecule has 1 aromatic carbocycles. The van der Waals surface area contributed by atoms with E-state index in [9.17, 15) is 4.79 Å². The van der Waals surface area contributed by atoms with Crippen molar-refractivity contribution < 1.29 is 4.79 Å². The van der Waals surface area contributed by atoms with E-state index in [1.807, 2.05) is 24.3 Å². The summed E-state index contributed by atoms with van der Waals surface area (Å²) in [5.41, 5.74) is 7.54. The quantitative estimate of drug-likeness (QED) is 0.609. The molecule has 0 radical (unpaired) electrons. The zero-order chi connectivity index (χ0) is 8.72. The Morgan fingerprint density at radius 1 is 1.42 bits per heavy atom. The minimum absolute atomic E-state index is 0.0313. The topological polar surface area (TPSA) is 46.3 Å². The summed E-state index contributed by atoms with van der Waals surface area (Å²) in [5.74, 6) is -0.0313. The van der Waals surface area contributed by atoms with Crippen LogP contribution in [0.1, 0.15) is 11.6 Å². The van der Waals surface area contributed by atoms with Gasteiger partial charge < -0.3 is 10.6 Å². The molecule has 0 bridgehead atoms. The van der Waals surface area contributed by atoms with E-state index in [-0.39, 0.29) is 5.91 Å². The molecular weight excluding hydrogens is 152 g/mol. The van der Waals surface area contributed by atoms with Crippen molar-refractivity contribution in [1.29, 1.82) is 0 Å². The lowest BCUT2D eigenvalue weighted by atomic mass is 10.1. The number of nitrogens with zero attached hydrogens (tertiary/aromatic N) is 1. The maximum Gasteiger partial charge on any atom is 0.248 e. The number of carbonyl (C=O) groups excluding carboxylic acids is 1. The molecule has 1 heterocycles. The van der Waals surface area contributed by atoms with Crippen molar-refractivity contribution in [1.82, 2.24) is 0 Å². The summed E-state index contributed by atoms with van der Waals surface area (Å²) < 4.78 is 0. The average Bonchev–Trinajstić information content (AvgIpc) is 2.33. The van der Waals surface area contributed by atoms with Gasteiger partial charge in [0, 0.05) is 18.3 Å². The molecule has 3 heteroatoms. The lowest BCUT2D eigenvalue weighted by Gasteiger charge is -2.08. The number of hydrogen-bond donors (Lipinski definition) is 1. The minimum atomic E-state index is -0.466. The van der Waals surface area contributed by atoms with E-state index in [0.717, 1.165) is 11.3 Å². The SMILES string of the molecule is CN1C(=O)[C@@H](N)c2ccccc21.